The van der Waals surface area contributed by atoms with Crippen LogP contribution in [0.25, 0.3) is 10.9 Å². The van der Waals surface area contributed by atoms with Crippen LogP contribution in [0.5, 0.6) is 0 Å². The Balaban J connectivity index is 1.36. The highest BCUT2D eigenvalue weighted by Crippen LogP contribution is 2.30. The molecule has 1 N–H and O–H groups in total. The number of hydrogen-bond donors (Lipinski definition) is 1. The number of hydrogen-bond acceptors (Lipinski definition) is 3. The third-order valence-corrected chi connectivity index (χ3v) is 6.04. The molecule has 0 unspecified atom stereocenters. The molecule has 0 aliphatic carbocycles. The number of nitrogens with one attached hydrogen (secondary N) is 1. The molecule has 3 aliphatic heterocycles. The fourth-order valence-corrected chi connectivity index (χ4v) is 4.67. The Morgan fingerprint density at radius 3 is 2.75 bits per heavy atom. The zero-order chi connectivity index (χ0) is 19.1. The maximum atomic E-state index is 13.3. The molecule has 0 spiro atoms. The number of aromatic nitrogens is 2. The lowest BCUT2D eigenvalue weighted by molar-refractivity contribution is 0.0581. The SMILES string of the molecule is O=C(c1n[nH]c2ccccc12)N1C[C@H]2CC[C@@H]1CN(Cc1ccc(F)cc1)C2. The highest BCUT2D eigenvalue weighted by molar-refractivity contribution is 6.04. The van der Waals surface area contributed by atoms with E-state index in [1.54, 1.807) is 0 Å². The van der Waals surface area contributed by atoms with Gasteiger partial charge in [0.2, 0.25) is 0 Å². The largest absolute Gasteiger partial charge is 0.333 e. The second-order valence-corrected chi connectivity index (χ2v) is 7.99. The van der Waals surface area contributed by atoms with Crippen LogP contribution in [0.3, 0.4) is 0 Å². The highest BCUT2D eigenvalue weighted by Gasteiger charge is 2.38. The van der Waals surface area contributed by atoms with E-state index in [2.05, 4.69) is 15.1 Å². The van der Waals surface area contributed by atoms with Crippen molar-refractivity contribution < 1.29 is 9.18 Å². The summed E-state index contributed by atoms with van der Waals surface area (Å²) in [5.74, 6) is 0.284. The Hall–Kier alpha value is -2.73. The maximum absolute atomic E-state index is 13.3. The molecule has 3 fully saturated rings. The first-order chi connectivity index (χ1) is 13.7. The van der Waals surface area contributed by atoms with E-state index in [-0.39, 0.29) is 17.8 Å². The number of piperidine rings is 1. The van der Waals surface area contributed by atoms with Crippen molar-refractivity contribution in [3.8, 4) is 0 Å². The quantitative estimate of drug-likeness (QED) is 0.760. The standard InChI is InChI=1S/C22H23FN4O/c23-17-8-5-15(6-9-17)11-26-12-16-7-10-18(14-26)27(13-16)22(28)21-19-3-1-2-4-20(19)24-25-21/h1-6,8-9,16,18H,7,10-14H2,(H,24,25)/t16-,18+/m0/s1. The predicted molar refractivity (Wildman–Crippen MR) is 105 cm³/mol. The van der Waals surface area contributed by atoms with Gasteiger partial charge in [-0.1, -0.05) is 30.3 Å². The van der Waals surface area contributed by atoms with Crippen molar-refractivity contribution >= 4 is 16.8 Å². The Labute approximate surface area is 163 Å². The summed E-state index contributed by atoms with van der Waals surface area (Å²) >= 11 is 0. The van der Waals surface area contributed by atoms with Gasteiger partial charge in [0.25, 0.3) is 5.91 Å². The maximum Gasteiger partial charge on any atom is 0.275 e. The number of fused-ring (bicyclic) bond motifs is 5. The first-order valence-electron chi connectivity index (χ1n) is 9.88. The van der Waals surface area contributed by atoms with Gasteiger partial charge in [-0.05, 0) is 42.5 Å². The normalized spacial score (nSPS) is 22.5. The smallest absolute Gasteiger partial charge is 0.275 e. The van der Waals surface area contributed by atoms with Gasteiger partial charge in [-0.25, -0.2) is 4.39 Å². The summed E-state index contributed by atoms with van der Waals surface area (Å²) in [4.78, 5) is 17.7. The minimum Gasteiger partial charge on any atom is -0.333 e. The van der Waals surface area contributed by atoms with Crippen molar-refractivity contribution in [2.24, 2.45) is 5.92 Å². The first-order valence-corrected chi connectivity index (χ1v) is 9.88. The number of para-hydroxylation sites is 1. The average molecular weight is 378 g/mol. The van der Waals surface area contributed by atoms with Crippen LogP contribution in [0.15, 0.2) is 48.5 Å². The molecule has 3 aliphatic rings. The van der Waals surface area contributed by atoms with Gasteiger partial charge in [0.15, 0.2) is 5.69 Å². The minimum absolute atomic E-state index is 0.0239. The third kappa shape index (κ3) is 3.18. The van der Waals surface area contributed by atoms with Gasteiger partial charge in [-0.3, -0.25) is 14.8 Å². The Bertz CT molecular complexity index is 999. The van der Waals surface area contributed by atoms with Gasteiger partial charge in [-0.2, -0.15) is 5.10 Å². The summed E-state index contributed by atoms with van der Waals surface area (Å²) in [7, 11) is 0. The van der Waals surface area contributed by atoms with Crippen LogP contribution in [0.2, 0.25) is 0 Å². The summed E-state index contributed by atoms with van der Waals surface area (Å²) in [6.45, 7) is 3.40. The zero-order valence-electron chi connectivity index (χ0n) is 15.6. The van der Waals surface area contributed by atoms with E-state index in [1.807, 2.05) is 41.3 Å². The topological polar surface area (TPSA) is 52.2 Å². The van der Waals surface area contributed by atoms with E-state index in [1.165, 1.54) is 12.1 Å². The van der Waals surface area contributed by atoms with E-state index in [9.17, 15) is 9.18 Å². The minimum atomic E-state index is -0.206. The van der Waals surface area contributed by atoms with Crippen LogP contribution >= 0.6 is 0 Å². The first kappa shape index (κ1) is 17.4. The van der Waals surface area contributed by atoms with Crippen LogP contribution in [0.4, 0.5) is 4.39 Å². The number of rotatable bonds is 3. The van der Waals surface area contributed by atoms with Gasteiger partial charge in [0, 0.05) is 37.6 Å². The van der Waals surface area contributed by atoms with Crippen LogP contribution in [-0.2, 0) is 6.54 Å². The number of benzene rings is 2. The van der Waals surface area contributed by atoms with E-state index >= 15 is 0 Å². The third-order valence-electron chi connectivity index (χ3n) is 6.04. The predicted octanol–water partition coefficient (Wildman–Crippen LogP) is 3.44. The lowest BCUT2D eigenvalue weighted by Gasteiger charge is -2.35. The molecular formula is C22H23FN4O. The van der Waals surface area contributed by atoms with E-state index in [4.69, 9.17) is 0 Å². The Morgan fingerprint density at radius 2 is 1.89 bits per heavy atom. The lowest BCUT2D eigenvalue weighted by atomic mass is 9.94. The highest BCUT2D eigenvalue weighted by atomic mass is 19.1. The van der Waals surface area contributed by atoms with Crippen LogP contribution in [-0.4, -0.2) is 51.6 Å². The van der Waals surface area contributed by atoms with Crippen molar-refractivity contribution in [2.45, 2.75) is 25.4 Å². The van der Waals surface area contributed by atoms with Gasteiger partial charge in [0.05, 0.1) is 5.52 Å². The van der Waals surface area contributed by atoms with Crippen molar-refractivity contribution in [3.63, 3.8) is 0 Å². The average Bonchev–Trinajstić information content (AvgIpc) is 2.95. The summed E-state index contributed by atoms with van der Waals surface area (Å²) in [5, 5.41) is 8.17. The van der Waals surface area contributed by atoms with Gasteiger partial charge in [-0.15, -0.1) is 0 Å². The molecule has 0 radical (unpaired) electrons. The second kappa shape index (κ2) is 7.02. The number of amides is 1. The molecule has 6 rings (SSSR count). The number of halogens is 1. The lowest BCUT2D eigenvalue weighted by Crippen LogP contribution is -2.47. The molecule has 2 aromatic carbocycles. The molecule has 28 heavy (non-hydrogen) atoms. The van der Waals surface area contributed by atoms with Crippen molar-refractivity contribution in [1.29, 1.82) is 0 Å². The van der Waals surface area contributed by atoms with Gasteiger partial charge < -0.3 is 4.90 Å². The Kier molecular flexibility index (Phi) is 4.36. The van der Waals surface area contributed by atoms with Crippen LogP contribution < -0.4 is 0 Å². The number of carbonyl (C=O) groups excluding carboxylic acids is 1. The van der Waals surface area contributed by atoms with Crippen molar-refractivity contribution in [3.05, 3.63) is 65.6 Å². The molecule has 3 aromatic rings. The monoisotopic (exact) mass is 378 g/mol. The van der Waals surface area contributed by atoms with E-state index in [0.717, 1.165) is 55.5 Å². The fourth-order valence-electron chi connectivity index (χ4n) is 4.67. The second-order valence-electron chi connectivity index (χ2n) is 7.99. The summed E-state index contributed by atoms with van der Waals surface area (Å²) < 4.78 is 13.2. The molecule has 2 bridgehead atoms. The number of carbonyl (C=O) groups is 1. The number of aromatic amines is 1. The molecule has 4 heterocycles. The molecule has 1 aromatic heterocycles. The summed E-state index contributed by atoms with van der Waals surface area (Å²) in [6, 6.07) is 14.7. The summed E-state index contributed by atoms with van der Waals surface area (Å²) in [5.41, 5.74) is 2.52. The van der Waals surface area contributed by atoms with Crippen LogP contribution in [0.1, 0.15) is 28.9 Å². The summed E-state index contributed by atoms with van der Waals surface area (Å²) in [6.07, 6.45) is 2.17. The number of nitrogens with zero attached hydrogens (tertiary/aromatic N) is 3. The molecule has 3 saturated heterocycles. The molecule has 0 saturated carbocycles. The van der Waals surface area contributed by atoms with Crippen molar-refractivity contribution in [2.75, 3.05) is 19.6 Å². The Morgan fingerprint density at radius 1 is 1.07 bits per heavy atom. The zero-order valence-corrected chi connectivity index (χ0v) is 15.6. The van der Waals surface area contributed by atoms with Crippen molar-refractivity contribution in [1.82, 2.24) is 20.0 Å². The molecule has 5 nitrogen and oxygen atoms in total. The molecule has 144 valence electrons. The number of H-pyrrole nitrogens is 1. The van der Waals surface area contributed by atoms with Gasteiger partial charge >= 0.3 is 0 Å². The fraction of sp³-hybridized carbons (Fsp3) is 0.364. The van der Waals surface area contributed by atoms with E-state index < -0.39 is 0 Å². The van der Waals surface area contributed by atoms with E-state index in [0.29, 0.717) is 11.6 Å². The molecule has 1 amide bonds. The molecule has 2 atom stereocenters. The molecule has 6 heteroatoms. The van der Waals surface area contributed by atoms with Crippen LogP contribution in [0, 0.1) is 11.7 Å². The van der Waals surface area contributed by atoms with Gasteiger partial charge in [0.1, 0.15) is 5.82 Å². The molecular weight excluding hydrogens is 355 g/mol.